The Morgan fingerprint density at radius 2 is 1.48 bits per heavy atom. The molecule has 0 atom stereocenters. The number of hydrogen-bond donors (Lipinski definition) is 0. The quantitative estimate of drug-likeness (QED) is 0.712. The lowest BCUT2D eigenvalue weighted by Crippen LogP contribution is -2.38. The van der Waals surface area contributed by atoms with E-state index in [0.717, 1.165) is 13.1 Å². The molecule has 1 heterocycles. The predicted molar refractivity (Wildman–Crippen MR) is 102 cm³/mol. The summed E-state index contributed by atoms with van der Waals surface area (Å²) in [5.41, 5.74) is 2.92. The molecule has 0 unspecified atom stereocenters. The Hall–Kier alpha value is -1.64. The SMILES string of the molecule is C[Si](C)(Cc1ccccc1)C1=CCN(Cc2ccccc2)CC1. The fraction of sp³-hybridized carbons (Fsp3) is 0.333. The van der Waals surface area contributed by atoms with Crippen molar-refractivity contribution in [2.45, 2.75) is 32.1 Å². The highest BCUT2D eigenvalue weighted by Gasteiger charge is 2.28. The van der Waals surface area contributed by atoms with Gasteiger partial charge in [0.25, 0.3) is 0 Å². The van der Waals surface area contributed by atoms with Crippen LogP contribution in [0, 0.1) is 0 Å². The molecule has 0 amide bonds. The van der Waals surface area contributed by atoms with Crippen LogP contribution in [-0.2, 0) is 12.6 Å². The van der Waals surface area contributed by atoms with Gasteiger partial charge in [-0.1, -0.05) is 90.6 Å². The zero-order valence-electron chi connectivity index (χ0n) is 14.3. The van der Waals surface area contributed by atoms with Gasteiger partial charge in [0.2, 0.25) is 0 Å². The first-order valence-electron chi connectivity index (χ1n) is 8.63. The fourth-order valence-electron chi connectivity index (χ4n) is 3.53. The third kappa shape index (κ3) is 4.43. The maximum absolute atomic E-state index is 2.56. The molecule has 1 nitrogen and oxygen atoms in total. The Bertz CT molecular complexity index is 646. The summed E-state index contributed by atoms with van der Waals surface area (Å²) in [5, 5.41) is 1.76. The molecule has 0 aromatic heterocycles. The molecule has 1 aliphatic rings. The van der Waals surface area contributed by atoms with E-state index in [-0.39, 0.29) is 0 Å². The Morgan fingerprint density at radius 3 is 2.04 bits per heavy atom. The van der Waals surface area contributed by atoms with Crippen LogP contribution in [0.3, 0.4) is 0 Å². The first-order chi connectivity index (χ1) is 11.1. The van der Waals surface area contributed by atoms with Crippen molar-refractivity contribution in [3.8, 4) is 0 Å². The van der Waals surface area contributed by atoms with E-state index in [1.54, 1.807) is 5.20 Å². The summed E-state index contributed by atoms with van der Waals surface area (Å²) in [5.74, 6) is 0. The van der Waals surface area contributed by atoms with Gasteiger partial charge in [0.1, 0.15) is 0 Å². The zero-order valence-corrected chi connectivity index (χ0v) is 15.3. The largest absolute Gasteiger partial charge is 0.295 e. The number of nitrogens with zero attached hydrogens (tertiary/aromatic N) is 1. The van der Waals surface area contributed by atoms with Gasteiger partial charge in [0.05, 0.1) is 8.07 Å². The Morgan fingerprint density at radius 1 is 0.870 bits per heavy atom. The van der Waals surface area contributed by atoms with Gasteiger partial charge in [-0.05, 0) is 18.0 Å². The van der Waals surface area contributed by atoms with Crippen molar-refractivity contribution >= 4 is 8.07 Å². The summed E-state index contributed by atoms with van der Waals surface area (Å²) in [7, 11) is -1.33. The zero-order chi connectivity index (χ0) is 16.1. The summed E-state index contributed by atoms with van der Waals surface area (Å²) in [6.07, 6.45) is 3.78. The highest BCUT2D eigenvalue weighted by molar-refractivity contribution is 6.83. The summed E-state index contributed by atoms with van der Waals surface area (Å²) in [6, 6.07) is 23.1. The average molecular weight is 322 g/mol. The second-order valence-corrected chi connectivity index (χ2v) is 12.0. The minimum atomic E-state index is -1.33. The Balaban J connectivity index is 1.61. The van der Waals surface area contributed by atoms with Crippen LogP contribution < -0.4 is 0 Å². The van der Waals surface area contributed by atoms with E-state index >= 15 is 0 Å². The van der Waals surface area contributed by atoms with Gasteiger partial charge in [-0.25, -0.2) is 0 Å². The molecule has 1 aliphatic heterocycles. The Labute approximate surface area is 141 Å². The molecule has 2 aromatic carbocycles. The third-order valence-corrected chi connectivity index (χ3v) is 8.39. The first-order valence-corrected chi connectivity index (χ1v) is 11.8. The van der Waals surface area contributed by atoms with Crippen LogP contribution >= 0.6 is 0 Å². The molecule has 2 heteroatoms. The lowest BCUT2D eigenvalue weighted by atomic mass is 10.2. The van der Waals surface area contributed by atoms with Crippen LogP contribution in [0.25, 0.3) is 0 Å². The molecule has 0 saturated heterocycles. The third-order valence-electron chi connectivity index (χ3n) is 4.90. The second kappa shape index (κ2) is 7.29. The van der Waals surface area contributed by atoms with Crippen LogP contribution in [0.15, 0.2) is 71.9 Å². The van der Waals surface area contributed by atoms with E-state index in [4.69, 9.17) is 0 Å². The summed E-state index contributed by atoms with van der Waals surface area (Å²) in [6.45, 7) is 8.43. The number of benzene rings is 2. The van der Waals surface area contributed by atoms with Gasteiger partial charge in [-0.2, -0.15) is 0 Å². The molecule has 3 rings (SSSR count). The van der Waals surface area contributed by atoms with E-state index in [1.165, 1.54) is 30.1 Å². The van der Waals surface area contributed by atoms with Crippen molar-refractivity contribution in [2.75, 3.05) is 13.1 Å². The summed E-state index contributed by atoms with van der Waals surface area (Å²) in [4.78, 5) is 2.56. The normalized spacial score (nSPS) is 16.2. The van der Waals surface area contributed by atoms with Gasteiger partial charge in [0.15, 0.2) is 0 Å². The van der Waals surface area contributed by atoms with Gasteiger partial charge in [-0.15, -0.1) is 0 Å². The molecule has 0 radical (unpaired) electrons. The Kier molecular flexibility index (Phi) is 5.14. The van der Waals surface area contributed by atoms with Crippen molar-refractivity contribution in [3.63, 3.8) is 0 Å². The van der Waals surface area contributed by atoms with Crippen LogP contribution in [0.4, 0.5) is 0 Å². The van der Waals surface area contributed by atoms with Crippen molar-refractivity contribution in [1.82, 2.24) is 4.90 Å². The molecule has 0 saturated carbocycles. The minimum Gasteiger partial charge on any atom is -0.295 e. The number of hydrogen-bond acceptors (Lipinski definition) is 1. The lowest BCUT2D eigenvalue weighted by molar-refractivity contribution is 0.288. The predicted octanol–water partition coefficient (Wildman–Crippen LogP) is 4.85. The second-order valence-electron chi connectivity index (χ2n) is 7.25. The van der Waals surface area contributed by atoms with Crippen molar-refractivity contribution < 1.29 is 0 Å². The first kappa shape index (κ1) is 16.2. The van der Waals surface area contributed by atoms with Crippen LogP contribution in [-0.4, -0.2) is 26.1 Å². The topological polar surface area (TPSA) is 3.24 Å². The van der Waals surface area contributed by atoms with E-state index in [1.807, 2.05) is 0 Å². The van der Waals surface area contributed by atoms with Gasteiger partial charge < -0.3 is 0 Å². The monoisotopic (exact) mass is 321 g/mol. The molecular formula is C21H27NSi. The van der Waals surface area contributed by atoms with Crippen molar-refractivity contribution in [2.24, 2.45) is 0 Å². The fourth-order valence-corrected chi connectivity index (χ4v) is 6.45. The summed E-state index contributed by atoms with van der Waals surface area (Å²) < 4.78 is 0. The van der Waals surface area contributed by atoms with E-state index in [9.17, 15) is 0 Å². The van der Waals surface area contributed by atoms with Gasteiger partial charge in [-0.3, -0.25) is 4.90 Å². The van der Waals surface area contributed by atoms with E-state index in [0.29, 0.717) is 0 Å². The molecule has 120 valence electrons. The molecule has 23 heavy (non-hydrogen) atoms. The molecular weight excluding hydrogens is 294 g/mol. The van der Waals surface area contributed by atoms with Crippen molar-refractivity contribution in [1.29, 1.82) is 0 Å². The highest BCUT2D eigenvalue weighted by atomic mass is 28.3. The van der Waals surface area contributed by atoms with Crippen LogP contribution in [0.5, 0.6) is 0 Å². The van der Waals surface area contributed by atoms with Gasteiger partial charge >= 0.3 is 0 Å². The maximum Gasteiger partial charge on any atom is 0.0794 e. The maximum atomic E-state index is 2.56. The standard InChI is InChI=1S/C21H27NSi/c1-23(2,18-20-11-7-4-8-12-20)21-13-15-22(16-14-21)17-19-9-5-3-6-10-19/h3-13H,14-18H2,1-2H3. The van der Waals surface area contributed by atoms with Gasteiger partial charge in [0, 0.05) is 19.6 Å². The molecule has 0 fully saturated rings. The lowest BCUT2D eigenvalue weighted by Gasteiger charge is -2.33. The van der Waals surface area contributed by atoms with Crippen LogP contribution in [0.1, 0.15) is 17.5 Å². The molecule has 0 bridgehead atoms. The molecule has 0 spiro atoms. The smallest absolute Gasteiger partial charge is 0.0794 e. The van der Waals surface area contributed by atoms with Crippen LogP contribution in [0.2, 0.25) is 13.1 Å². The van der Waals surface area contributed by atoms with E-state index in [2.05, 4.69) is 84.7 Å². The van der Waals surface area contributed by atoms with Crippen molar-refractivity contribution in [3.05, 3.63) is 83.1 Å². The van der Waals surface area contributed by atoms with E-state index < -0.39 is 8.07 Å². The molecule has 0 N–H and O–H groups in total. The minimum absolute atomic E-state index is 1.07. The molecule has 0 aliphatic carbocycles. The average Bonchev–Trinajstić information content (AvgIpc) is 2.57. The highest BCUT2D eigenvalue weighted by Crippen LogP contribution is 2.26. The number of rotatable bonds is 5. The summed E-state index contributed by atoms with van der Waals surface area (Å²) >= 11 is 0. The molecule has 2 aromatic rings.